The Balaban J connectivity index is 1.09. The molecule has 1 amide bonds. The summed E-state index contributed by atoms with van der Waals surface area (Å²) < 4.78 is 26.5. The van der Waals surface area contributed by atoms with Gasteiger partial charge < -0.3 is 9.47 Å². The predicted molar refractivity (Wildman–Crippen MR) is 187 cm³/mol. The second kappa shape index (κ2) is 12.7. The molecule has 2 N–H and O–H groups in total. The maximum absolute atomic E-state index is 13.6. The van der Waals surface area contributed by atoms with E-state index >= 15 is 0 Å². The van der Waals surface area contributed by atoms with Crippen LogP contribution in [-0.4, -0.2) is 65.4 Å². The third kappa shape index (κ3) is 6.20. The number of carbonyl (C=O) groups is 1. The van der Waals surface area contributed by atoms with Crippen LogP contribution in [0.1, 0.15) is 72.7 Å². The van der Waals surface area contributed by atoms with Gasteiger partial charge in [-0.15, -0.1) is 0 Å². The van der Waals surface area contributed by atoms with Crippen LogP contribution >= 0.6 is 34.8 Å². The fraction of sp³-hybridized carbons (Fsp3) is 0.429. The largest absolute Gasteiger partial charge is 0.339 e. The molecule has 0 radical (unpaired) electrons. The number of hydrogen-bond acceptors (Lipinski definition) is 5. The first kappa shape index (κ1) is 32.9. The lowest BCUT2D eigenvalue weighted by Gasteiger charge is -2.46. The Kier molecular flexibility index (Phi) is 8.85. The number of para-hydroxylation sites is 2. The zero-order valence-corrected chi connectivity index (χ0v) is 29.3. The Morgan fingerprint density at radius 3 is 2.28 bits per heavy atom. The van der Waals surface area contributed by atoms with Crippen LogP contribution in [0, 0.1) is 6.92 Å². The number of likely N-dealkylation sites (tertiary alicyclic amines) is 1. The van der Waals surface area contributed by atoms with E-state index in [0.717, 1.165) is 55.6 Å². The molecule has 8 nitrogen and oxygen atoms in total. The lowest BCUT2D eigenvalue weighted by Crippen LogP contribution is -2.49. The number of rotatable bonds is 7. The summed E-state index contributed by atoms with van der Waals surface area (Å²) in [6, 6.07) is 20.1. The number of nitrogens with two attached hydrogens (primary N) is 1. The molecule has 3 aliphatic heterocycles. The van der Waals surface area contributed by atoms with Crippen molar-refractivity contribution in [2.75, 3.05) is 19.6 Å². The summed E-state index contributed by atoms with van der Waals surface area (Å²) in [5.41, 5.74) is 3.49. The Bertz CT molecular complexity index is 1940. The van der Waals surface area contributed by atoms with Gasteiger partial charge in [0.1, 0.15) is 10.7 Å². The number of fused-ring (bicyclic) bond motifs is 3. The van der Waals surface area contributed by atoms with Gasteiger partial charge in [0.05, 0.1) is 26.1 Å². The summed E-state index contributed by atoms with van der Waals surface area (Å²) in [4.78, 5) is 22.7. The van der Waals surface area contributed by atoms with Crippen LogP contribution in [0.2, 0.25) is 15.1 Å². The van der Waals surface area contributed by atoms with E-state index in [1.165, 1.54) is 30.5 Å². The maximum Gasteiger partial charge on any atom is 0.253 e. The molecule has 2 bridgehead atoms. The van der Waals surface area contributed by atoms with Gasteiger partial charge in [0.15, 0.2) is 0 Å². The zero-order chi connectivity index (χ0) is 33.1. The first-order chi connectivity index (χ1) is 22.4. The number of hydrogen-bond donors (Lipinski definition) is 1. The lowest BCUT2D eigenvalue weighted by atomic mass is 9.70. The van der Waals surface area contributed by atoms with Gasteiger partial charge in [-0.2, -0.15) is 0 Å². The minimum absolute atomic E-state index is 0.00663. The zero-order valence-electron chi connectivity index (χ0n) is 26.2. The van der Waals surface area contributed by atoms with Gasteiger partial charge in [0, 0.05) is 36.8 Å². The molecule has 3 aromatic carbocycles. The van der Waals surface area contributed by atoms with Gasteiger partial charge in [-0.25, -0.2) is 18.5 Å². The molecule has 7 rings (SSSR count). The fourth-order valence-corrected chi connectivity index (χ4v) is 9.84. The first-order valence-corrected chi connectivity index (χ1v) is 18.9. The SMILES string of the molecule is Cc1nc2ccccc2n1C1C[C@H]2CC[C@@H](C1)N2CCC1(c2ccc(Cl)c(Cl)c2)CCN(C(=O)c2ccc(Cl)c(S(N)(=O)=O)c2)CC1. The predicted octanol–water partition coefficient (Wildman–Crippen LogP) is 7.38. The molecule has 4 heterocycles. The van der Waals surface area contributed by atoms with E-state index in [-0.39, 0.29) is 26.8 Å². The molecule has 47 heavy (non-hydrogen) atoms. The van der Waals surface area contributed by atoms with Gasteiger partial charge in [0.2, 0.25) is 10.0 Å². The van der Waals surface area contributed by atoms with E-state index < -0.39 is 10.0 Å². The Labute approximate surface area is 290 Å². The molecule has 1 aromatic heterocycles. The van der Waals surface area contributed by atoms with Gasteiger partial charge in [-0.3, -0.25) is 9.69 Å². The molecular formula is C35H38Cl3N5O3S. The number of aromatic nitrogens is 2. The first-order valence-electron chi connectivity index (χ1n) is 16.2. The molecule has 0 saturated carbocycles. The molecule has 12 heteroatoms. The number of benzene rings is 3. The highest BCUT2D eigenvalue weighted by Gasteiger charge is 2.44. The standard InChI is InChI=1S/C35H38Cl3N5O3S/c1-22-40-31-4-2-3-5-32(31)43(22)27-20-25-8-9-26(21-27)42(25)17-14-35(24-7-11-28(36)30(38)19-24)12-15-41(16-13-35)34(44)23-6-10-29(37)33(18-23)47(39,45)46/h2-7,10-11,18-19,25-27H,8-9,12-17,20-21H2,1H3,(H2,39,45,46)/t25-,26+,27?. The van der Waals surface area contributed by atoms with Crippen LogP contribution in [0.3, 0.4) is 0 Å². The van der Waals surface area contributed by atoms with Crippen LogP contribution in [0.4, 0.5) is 0 Å². The van der Waals surface area contributed by atoms with Crippen molar-refractivity contribution in [1.82, 2.24) is 19.4 Å². The molecular weight excluding hydrogens is 677 g/mol. The number of aryl methyl sites for hydroxylation is 1. The topological polar surface area (TPSA) is 102 Å². The van der Waals surface area contributed by atoms with E-state index in [1.807, 2.05) is 12.1 Å². The molecule has 3 aliphatic rings. The van der Waals surface area contributed by atoms with Gasteiger partial charge in [-0.05, 0) is 112 Å². The van der Waals surface area contributed by atoms with Crippen molar-refractivity contribution in [3.63, 3.8) is 0 Å². The number of amides is 1. The number of carbonyl (C=O) groups excluding carboxylic acids is 1. The number of primary sulfonamides is 1. The van der Waals surface area contributed by atoms with Crippen LogP contribution in [0.5, 0.6) is 0 Å². The minimum Gasteiger partial charge on any atom is -0.339 e. The molecule has 0 spiro atoms. The second-order valence-corrected chi connectivity index (χ2v) is 16.2. The Morgan fingerprint density at radius 2 is 1.60 bits per heavy atom. The summed E-state index contributed by atoms with van der Waals surface area (Å²) in [6.45, 7) is 4.13. The van der Waals surface area contributed by atoms with Crippen molar-refractivity contribution in [3.8, 4) is 0 Å². The molecule has 3 atom stereocenters. The molecule has 1 unspecified atom stereocenters. The summed E-state index contributed by atoms with van der Waals surface area (Å²) in [6.07, 6.45) is 7.07. The molecule has 0 aliphatic carbocycles. The van der Waals surface area contributed by atoms with E-state index in [9.17, 15) is 13.2 Å². The summed E-state index contributed by atoms with van der Waals surface area (Å²) in [7, 11) is -4.07. The maximum atomic E-state index is 13.6. The van der Waals surface area contributed by atoms with Crippen LogP contribution in [0.25, 0.3) is 11.0 Å². The molecule has 4 aromatic rings. The van der Waals surface area contributed by atoms with E-state index in [0.29, 0.717) is 41.3 Å². The third-order valence-corrected chi connectivity index (χ3v) is 13.0. The molecule has 3 fully saturated rings. The highest BCUT2D eigenvalue weighted by atomic mass is 35.5. The van der Waals surface area contributed by atoms with Crippen LogP contribution < -0.4 is 5.14 Å². The number of nitrogens with zero attached hydrogens (tertiary/aromatic N) is 4. The number of imidazole rings is 1. The second-order valence-electron chi connectivity index (χ2n) is 13.4. The van der Waals surface area contributed by atoms with Crippen molar-refractivity contribution in [2.45, 2.75) is 80.3 Å². The normalized spacial score (nSPS) is 23.0. The smallest absolute Gasteiger partial charge is 0.253 e. The van der Waals surface area contributed by atoms with E-state index in [2.05, 4.69) is 46.7 Å². The fourth-order valence-electron chi connectivity index (χ4n) is 8.47. The number of piperidine rings is 2. The average Bonchev–Trinajstić information content (AvgIpc) is 3.51. The summed E-state index contributed by atoms with van der Waals surface area (Å²) >= 11 is 19.0. The lowest BCUT2D eigenvalue weighted by molar-refractivity contribution is 0.0607. The van der Waals surface area contributed by atoms with Crippen molar-refractivity contribution in [1.29, 1.82) is 0 Å². The highest BCUT2D eigenvalue weighted by molar-refractivity contribution is 7.89. The average molecular weight is 715 g/mol. The quantitative estimate of drug-likeness (QED) is 0.215. The summed E-state index contributed by atoms with van der Waals surface area (Å²) in [5.74, 6) is 0.847. The van der Waals surface area contributed by atoms with Gasteiger partial charge >= 0.3 is 0 Å². The highest BCUT2D eigenvalue weighted by Crippen LogP contribution is 2.46. The van der Waals surface area contributed by atoms with Crippen molar-refractivity contribution >= 4 is 61.8 Å². The minimum atomic E-state index is -4.07. The van der Waals surface area contributed by atoms with Crippen molar-refractivity contribution in [3.05, 3.63) is 92.7 Å². The van der Waals surface area contributed by atoms with E-state index in [1.54, 1.807) is 11.0 Å². The van der Waals surface area contributed by atoms with Gasteiger partial charge in [-0.1, -0.05) is 53.0 Å². The Hall–Kier alpha value is -2.66. The van der Waals surface area contributed by atoms with Crippen molar-refractivity contribution in [2.24, 2.45) is 5.14 Å². The monoisotopic (exact) mass is 713 g/mol. The van der Waals surface area contributed by atoms with Crippen LogP contribution in [-0.2, 0) is 15.4 Å². The Morgan fingerprint density at radius 1 is 0.915 bits per heavy atom. The summed E-state index contributed by atoms with van der Waals surface area (Å²) in [5, 5.41) is 6.39. The van der Waals surface area contributed by atoms with E-state index in [4.69, 9.17) is 44.9 Å². The number of sulfonamides is 1. The third-order valence-electron chi connectivity index (χ3n) is 10.9. The molecule has 3 saturated heterocycles. The van der Waals surface area contributed by atoms with Gasteiger partial charge in [0.25, 0.3) is 5.91 Å². The molecule has 248 valence electrons. The van der Waals surface area contributed by atoms with Crippen LogP contribution in [0.15, 0.2) is 65.6 Å². The van der Waals surface area contributed by atoms with Crippen molar-refractivity contribution < 1.29 is 13.2 Å². The number of halogens is 3.